The lowest BCUT2D eigenvalue weighted by molar-refractivity contribution is 0.0550. The van der Waals surface area contributed by atoms with Gasteiger partial charge in [0.2, 0.25) is 0 Å². The van der Waals surface area contributed by atoms with Gasteiger partial charge in [0.05, 0.1) is 12.1 Å². The second-order valence-electron chi connectivity index (χ2n) is 5.14. The normalized spacial score (nSPS) is 11.0. The first-order valence-electron chi connectivity index (χ1n) is 5.91. The highest BCUT2D eigenvalue weighted by molar-refractivity contribution is 5.95. The predicted molar refractivity (Wildman–Crippen MR) is 73.0 cm³/mol. The van der Waals surface area contributed by atoms with Gasteiger partial charge in [-0.1, -0.05) is 0 Å². The quantitative estimate of drug-likeness (QED) is 0.623. The molecule has 0 spiro atoms. The van der Waals surface area contributed by atoms with Crippen molar-refractivity contribution in [2.24, 2.45) is 0 Å². The monoisotopic (exact) mass is 282 g/mol. The van der Waals surface area contributed by atoms with Gasteiger partial charge < -0.3 is 25.5 Å². The van der Waals surface area contributed by atoms with Gasteiger partial charge in [-0.3, -0.25) is 0 Å². The second kappa shape index (κ2) is 5.79. The Balaban J connectivity index is 2.81. The van der Waals surface area contributed by atoms with Crippen LogP contribution in [0.15, 0.2) is 18.2 Å². The van der Waals surface area contributed by atoms with Crippen LogP contribution < -0.4 is 5.32 Å². The lowest BCUT2D eigenvalue weighted by atomic mass is 10.1. The molecule has 0 aliphatic carbocycles. The maximum Gasteiger partial charge on any atom is 0.339 e. The maximum atomic E-state index is 11.9. The van der Waals surface area contributed by atoms with Crippen LogP contribution in [-0.2, 0) is 0 Å². The molecule has 0 atom stereocenters. The Morgan fingerprint density at radius 1 is 1.35 bits per heavy atom. The number of amides is 2. The SMILES string of the molecule is CN(CC(C)(C)O)C(=O)Nc1ccc(O)c(C(=O)O)c1. The van der Waals surface area contributed by atoms with Crippen LogP contribution in [-0.4, -0.2) is 51.4 Å². The summed E-state index contributed by atoms with van der Waals surface area (Å²) < 4.78 is 0. The van der Waals surface area contributed by atoms with Gasteiger partial charge in [0.15, 0.2) is 0 Å². The molecule has 7 heteroatoms. The van der Waals surface area contributed by atoms with Crippen molar-refractivity contribution >= 4 is 17.7 Å². The zero-order valence-electron chi connectivity index (χ0n) is 11.5. The Hall–Kier alpha value is -2.28. The fraction of sp³-hybridized carbons (Fsp3) is 0.385. The highest BCUT2D eigenvalue weighted by Crippen LogP contribution is 2.21. The van der Waals surface area contributed by atoms with Crippen molar-refractivity contribution in [3.05, 3.63) is 23.8 Å². The number of carbonyl (C=O) groups is 2. The molecule has 1 rings (SSSR count). The summed E-state index contributed by atoms with van der Waals surface area (Å²) in [7, 11) is 1.51. The summed E-state index contributed by atoms with van der Waals surface area (Å²) in [5, 5.41) is 30.3. The van der Waals surface area contributed by atoms with Crippen LogP contribution in [0.3, 0.4) is 0 Å². The van der Waals surface area contributed by atoms with E-state index in [-0.39, 0.29) is 23.5 Å². The molecule has 0 radical (unpaired) electrons. The number of benzene rings is 1. The van der Waals surface area contributed by atoms with E-state index in [4.69, 9.17) is 5.11 Å². The molecular formula is C13H18N2O5. The van der Waals surface area contributed by atoms with Gasteiger partial charge >= 0.3 is 12.0 Å². The number of aliphatic hydroxyl groups is 1. The molecular weight excluding hydrogens is 264 g/mol. The minimum atomic E-state index is -1.29. The Kier molecular flexibility index (Phi) is 4.57. The Morgan fingerprint density at radius 2 is 1.95 bits per heavy atom. The van der Waals surface area contributed by atoms with Crippen molar-refractivity contribution in [1.82, 2.24) is 4.90 Å². The second-order valence-corrected chi connectivity index (χ2v) is 5.14. The van der Waals surface area contributed by atoms with Gasteiger partial charge in [0.25, 0.3) is 0 Å². The number of urea groups is 1. The number of nitrogens with zero attached hydrogens (tertiary/aromatic N) is 1. The number of carboxylic acid groups (broad SMARTS) is 1. The number of hydrogen-bond donors (Lipinski definition) is 4. The lowest BCUT2D eigenvalue weighted by Gasteiger charge is -2.25. The number of carbonyl (C=O) groups excluding carboxylic acids is 1. The van der Waals surface area contributed by atoms with Crippen molar-refractivity contribution in [2.45, 2.75) is 19.4 Å². The molecule has 0 heterocycles. The number of nitrogens with one attached hydrogen (secondary N) is 1. The largest absolute Gasteiger partial charge is 0.507 e. The number of carboxylic acids is 1. The topological polar surface area (TPSA) is 110 Å². The van der Waals surface area contributed by atoms with Crippen molar-refractivity contribution < 1.29 is 24.9 Å². The fourth-order valence-electron chi connectivity index (χ4n) is 1.66. The molecule has 0 aliphatic heterocycles. The smallest absolute Gasteiger partial charge is 0.339 e. The van der Waals surface area contributed by atoms with E-state index < -0.39 is 17.6 Å². The average molecular weight is 282 g/mol. The minimum absolute atomic E-state index is 0.114. The lowest BCUT2D eigenvalue weighted by Crippen LogP contribution is -2.41. The van der Waals surface area contributed by atoms with Crippen molar-refractivity contribution in [2.75, 3.05) is 18.9 Å². The Labute approximate surface area is 116 Å². The number of phenols is 1. The minimum Gasteiger partial charge on any atom is -0.507 e. The molecule has 0 aromatic heterocycles. The first-order chi connectivity index (χ1) is 9.10. The number of hydrogen-bond acceptors (Lipinski definition) is 4. The Morgan fingerprint density at radius 3 is 2.45 bits per heavy atom. The van der Waals surface area contributed by atoms with E-state index in [9.17, 15) is 19.8 Å². The Bertz CT molecular complexity index is 522. The highest BCUT2D eigenvalue weighted by Gasteiger charge is 2.20. The molecule has 0 unspecified atom stereocenters. The van der Waals surface area contributed by atoms with Crippen LogP contribution in [0.25, 0.3) is 0 Å². The molecule has 20 heavy (non-hydrogen) atoms. The third-order valence-electron chi connectivity index (χ3n) is 2.45. The zero-order valence-corrected chi connectivity index (χ0v) is 11.5. The van der Waals surface area contributed by atoms with E-state index in [0.717, 1.165) is 6.07 Å². The van der Waals surface area contributed by atoms with Gasteiger partial charge in [-0.25, -0.2) is 9.59 Å². The summed E-state index contributed by atoms with van der Waals surface area (Å²) in [5.74, 6) is -1.66. The van der Waals surface area contributed by atoms with Crippen LogP contribution in [0.1, 0.15) is 24.2 Å². The summed E-state index contributed by atoms with van der Waals surface area (Å²) in [6.45, 7) is 3.25. The molecule has 7 nitrogen and oxygen atoms in total. The van der Waals surface area contributed by atoms with Gasteiger partial charge in [0.1, 0.15) is 11.3 Å². The summed E-state index contributed by atoms with van der Waals surface area (Å²) in [5.41, 5.74) is -1.09. The summed E-state index contributed by atoms with van der Waals surface area (Å²) >= 11 is 0. The molecule has 4 N–H and O–H groups in total. The standard InChI is InChI=1S/C13H18N2O5/c1-13(2,20)7-15(3)12(19)14-8-4-5-10(16)9(6-8)11(17)18/h4-6,16,20H,7H2,1-3H3,(H,14,19)(H,17,18). The van der Waals surface area contributed by atoms with Crippen LogP contribution in [0.2, 0.25) is 0 Å². The van der Waals surface area contributed by atoms with E-state index in [1.54, 1.807) is 13.8 Å². The summed E-state index contributed by atoms with van der Waals surface area (Å²) in [6.07, 6.45) is 0. The number of aromatic hydroxyl groups is 1. The number of anilines is 1. The van der Waals surface area contributed by atoms with Crippen molar-refractivity contribution in [1.29, 1.82) is 0 Å². The molecule has 2 amide bonds. The molecule has 110 valence electrons. The van der Waals surface area contributed by atoms with Crippen LogP contribution in [0, 0.1) is 0 Å². The van der Waals surface area contributed by atoms with Gasteiger partial charge in [-0.15, -0.1) is 0 Å². The number of likely N-dealkylation sites (N-methyl/N-ethyl adjacent to an activating group) is 1. The zero-order chi connectivity index (χ0) is 15.5. The van der Waals surface area contributed by atoms with Gasteiger partial charge in [-0.2, -0.15) is 0 Å². The fourth-order valence-corrected chi connectivity index (χ4v) is 1.66. The van der Waals surface area contributed by atoms with E-state index >= 15 is 0 Å². The molecule has 0 fully saturated rings. The average Bonchev–Trinajstić information content (AvgIpc) is 2.28. The molecule has 0 saturated carbocycles. The maximum absolute atomic E-state index is 11.9. The van der Waals surface area contributed by atoms with Crippen LogP contribution in [0.5, 0.6) is 5.75 Å². The summed E-state index contributed by atoms with van der Waals surface area (Å²) in [6, 6.07) is 3.24. The third-order valence-corrected chi connectivity index (χ3v) is 2.45. The molecule has 1 aromatic rings. The van der Waals surface area contributed by atoms with Gasteiger partial charge in [-0.05, 0) is 32.0 Å². The summed E-state index contributed by atoms with van der Waals surface area (Å²) in [4.78, 5) is 24.0. The van der Waals surface area contributed by atoms with Crippen molar-refractivity contribution in [3.63, 3.8) is 0 Å². The first-order valence-corrected chi connectivity index (χ1v) is 5.91. The van der Waals surface area contributed by atoms with Crippen LogP contribution >= 0.6 is 0 Å². The van der Waals surface area contributed by atoms with E-state index in [1.165, 1.54) is 24.1 Å². The molecule has 0 saturated heterocycles. The number of aromatic carboxylic acids is 1. The van der Waals surface area contributed by atoms with E-state index in [2.05, 4.69) is 5.32 Å². The van der Waals surface area contributed by atoms with E-state index in [0.29, 0.717) is 0 Å². The number of rotatable bonds is 4. The highest BCUT2D eigenvalue weighted by atomic mass is 16.4. The van der Waals surface area contributed by atoms with Gasteiger partial charge in [0, 0.05) is 12.7 Å². The molecule has 0 aliphatic rings. The first kappa shape index (κ1) is 15.8. The predicted octanol–water partition coefficient (Wildman–Crippen LogP) is 1.33. The van der Waals surface area contributed by atoms with E-state index in [1.807, 2.05) is 0 Å². The third kappa shape index (κ3) is 4.43. The van der Waals surface area contributed by atoms with Crippen molar-refractivity contribution in [3.8, 4) is 5.75 Å². The molecule has 0 bridgehead atoms. The van der Waals surface area contributed by atoms with Crippen LogP contribution in [0.4, 0.5) is 10.5 Å². The molecule has 1 aromatic carbocycles.